The molecule has 4 saturated carbocycles. The molecule has 3 unspecified atom stereocenters. The van der Waals surface area contributed by atoms with Crippen LogP contribution in [0.3, 0.4) is 0 Å². The van der Waals surface area contributed by atoms with Crippen molar-refractivity contribution in [3.8, 4) is 0 Å². The van der Waals surface area contributed by atoms with E-state index in [4.69, 9.17) is 18.9 Å². The summed E-state index contributed by atoms with van der Waals surface area (Å²) in [6, 6.07) is 0. The molecule has 0 aromatic rings. The molecule has 7 aliphatic rings. The fourth-order valence-electron chi connectivity index (χ4n) is 14.0. The lowest BCUT2D eigenvalue weighted by Gasteiger charge is -2.73. The van der Waals surface area contributed by atoms with Crippen LogP contribution in [0.4, 0.5) is 0 Å². The minimum Gasteiger partial charge on any atom is -0.479 e. The summed E-state index contributed by atoms with van der Waals surface area (Å²) in [6.07, 6.45) is -15.1. The van der Waals surface area contributed by atoms with Gasteiger partial charge in [-0.3, -0.25) is 0 Å². The topological polar surface area (TPSA) is 277 Å². The van der Waals surface area contributed by atoms with E-state index in [-0.39, 0.29) is 28.6 Å². The van der Waals surface area contributed by atoms with Gasteiger partial charge in [-0.05, 0) is 84.4 Å². The second-order valence-electron chi connectivity index (χ2n) is 21.0. The molecule has 332 valence electrons. The Balaban J connectivity index is 1.18. The Labute approximate surface area is 339 Å². The molecule has 2 heterocycles. The summed E-state index contributed by atoms with van der Waals surface area (Å²) in [4.78, 5) is 12.2. The zero-order valence-corrected chi connectivity index (χ0v) is 34.7. The van der Waals surface area contributed by atoms with E-state index in [1.54, 1.807) is 0 Å². The predicted molar refractivity (Wildman–Crippen MR) is 202 cm³/mol. The van der Waals surface area contributed by atoms with Crippen molar-refractivity contribution >= 4 is 5.97 Å². The number of hydrogen-bond acceptors (Lipinski definition) is 15. The summed E-state index contributed by atoms with van der Waals surface area (Å²) in [7, 11) is 0. The molecule has 21 atom stereocenters. The van der Waals surface area contributed by atoms with Gasteiger partial charge in [0.1, 0.15) is 42.7 Å². The third-order valence-corrected chi connectivity index (χ3v) is 17.4. The first kappa shape index (κ1) is 44.7. The van der Waals surface area contributed by atoms with Crippen molar-refractivity contribution in [3.05, 3.63) is 11.6 Å². The highest BCUT2D eigenvalue weighted by Gasteiger charge is 2.74. The molecule has 16 heteroatoms. The summed E-state index contributed by atoms with van der Waals surface area (Å²) in [5, 5.41) is 120. The minimum absolute atomic E-state index is 0.0205. The van der Waals surface area contributed by atoms with Gasteiger partial charge < -0.3 is 75.1 Å². The molecule has 2 saturated heterocycles. The molecule has 0 aromatic heterocycles. The molecular formula is C42H68O16. The number of aliphatic hydroxyl groups is 10. The zero-order chi connectivity index (χ0) is 42.9. The Hall–Kier alpha value is -1.35. The van der Waals surface area contributed by atoms with Gasteiger partial charge in [-0.15, -0.1) is 0 Å². The van der Waals surface area contributed by atoms with E-state index in [1.165, 1.54) is 0 Å². The van der Waals surface area contributed by atoms with Crippen LogP contribution in [0.1, 0.15) is 93.4 Å². The SMILES string of the molecule is CC1(C)C[C@@H](O)[C@@]2(CO)[C@H](C1)C1=CCC3[C@@]4(C)CCC(O[C@@H]5O[C@H](C(=O)O)[C@@H](O)[C@H](O)[C@H]5O[C@@H]5O[C@H](CO)[C@@H](O)[C@H](O)[C@H]5O)C(C)(C)C4CC[C@@]3(C)[C@]1(C)[C@H](O)[C@@H]2O. The van der Waals surface area contributed by atoms with Crippen LogP contribution >= 0.6 is 0 Å². The number of ether oxygens (including phenoxy) is 4. The molecule has 7 rings (SSSR count). The first-order chi connectivity index (χ1) is 26.9. The lowest BCUT2D eigenvalue weighted by Crippen LogP contribution is -2.74. The van der Waals surface area contributed by atoms with Crippen LogP contribution in [0.5, 0.6) is 0 Å². The second-order valence-corrected chi connectivity index (χ2v) is 21.0. The number of allylic oxidation sites excluding steroid dienone is 1. The molecule has 58 heavy (non-hydrogen) atoms. The van der Waals surface area contributed by atoms with Gasteiger partial charge in [0.15, 0.2) is 18.7 Å². The van der Waals surface area contributed by atoms with E-state index in [0.29, 0.717) is 44.9 Å². The molecule has 2 aliphatic heterocycles. The maximum atomic E-state index is 12.3. The molecule has 0 spiro atoms. The van der Waals surface area contributed by atoms with Gasteiger partial charge >= 0.3 is 5.97 Å². The average molecular weight is 829 g/mol. The minimum atomic E-state index is -1.98. The van der Waals surface area contributed by atoms with E-state index in [0.717, 1.165) is 5.57 Å². The number of fused-ring (bicyclic) bond motifs is 7. The summed E-state index contributed by atoms with van der Waals surface area (Å²) >= 11 is 0. The van der Waals surface area contributed by atoms with Crippen molar-refractivity contribution in [2.45, 2.75) is 179 Å². The number of hydrogen-bond donors (Lipinski definition) is 11. The highest BCUT2D eigenvalue weighted by atomic mass is 16.8. The Kier molecular flexibility index (Phi) is 11.5. The summed E-state index contributed by atoms with van der Waals surface area (Å²) in [5.74, 6) is -1.82. The molecule has 0 aromatic carbocycles. The van der Waals surface area contributed by atoms with Gasteiger partial charge in [-0.25, -0.2) is 4.79 Å². The van der Waals surface area contributed by atoms with Crippen molar-refractivity contribution < 1.29 is 79.9 Å². The summed E-state index contributed by atoms with van der Waals surface area (Å²) < 4.78 is 23.9. The molecule has 0 bridgehead atoms. The van der Waals surface area contributed by atoms with Crippen LogP contribution in [-0.2, 0) is 23.7 Å². The smallest absolute Gasteiger partial charge is 0.335 e. The van der Waals surface area contributed by atoms with Gasteiger partial charge in [0.05, 0.1) is 43.0 Å². The molecule has 11 N–H and O–H groups in total. The van der Waals surface area contributed by atoms with E-state index < -0.39 is 127 Å². The van der Waals surface area contributed by atoms with E-state index in [1.807, 2.05) is 0 Å². The van der Waals surface area contributed by atoms with Crippen LogP contribution in [0, 0.1) is 50.2 Å². The Morgan fingerprint density at radius 1 is 0.759 bits per heavy atom. The normalized spacial score (nSPS) is 54.9. The Bertz CT molecular complexity index is 1590. The van der Waals surface area contributed by atoms with Crippen LogP contribution in [0.25, 0.3) is 0 Å². The van der Waals surface area contributed by atoms with E-state index in [2.05, 4.69) is 54.5 Å². The Morgan fingerprint density at radius 3 is 2.05 bits per heavy atom. The number of carboxylic acid groups (broad SMARTS) is 1. The number of carboxylic acids is 1. The third kappa shape index (κ3) is 6.17. The fraction of sp³-hybridized carbons (Fsp3) is 0.929. The van der Waals surface area contributed by atoms with Crippen molar-refractivity contribution in [3.63, 3.8) is 0 Å². The van der Waals surface area contributed by atoms with Crippen molar-refractivity contribution in [2.75, 3.05) is 13.2 Å². The number of aliphatic hydroxyl groups excluding tert-OH is 10. The van der Waals surface area contributed by atoms with E-state index >= 15 is 0 Å². The van der Waals surface area contributed by atoms with Gasteiger partial charge in [0.25, 0.3) is 0 Å². The second kappa shape index (κ2) is 14.9. The van der Waals surface area contributed by atoms with Gasteiger partial charge in [-0.2, -0.15) is 0 Å². The summed E-state index contributed by atoms with van der Waals surface area (Å²) in [5.41, 5.74) is -2.81. The van der Waals surface area contributed by atoms with Crippen LogP contribution < -0.4 is 0 Å². The van der Waals surface area contributed by atoms with Crippen LogP contribution in [0.15, 0.2) is 11.6 Å². The molecule has 5 aliphatic carbocycles. The van der Waals surface area contributed by atoms with Crippen LogP contribution in [0.2, 0.25) is 0 Å². The zero-order valence-electron chi connectivity index (χ0n) is 34.7. The third-order valence-electron chi connectivity index (χ3n) is 17.4. The van der Waals surface area contributed by atoms with Gasteiger partial charge in [-0.1, -0.05) is 60.1 Å². The van der Waals surface area contributed by atoms with Crippen LogP contribution in [-0.4, -0.2) is 161 Å². The first-order valence-electron chi connectivity index (χ1n) is 21.1. The molecule has 16 nitrogen and oxygen atoms in total. The molecular weight excluding hydrogens is 760 g/mol. The molecule has 6 fully saturated rings. The van der Waals surface area contributed by atoms with Crippen molar-refractivity contribution in [1.29, 1.82) is 0 Å². The van der Waals surface area contributed by atoms with E-state index in [9.17, 15) is 61.0 Å². The van der Waals surface area contributed by atoms with Gasteiger partial charge in [0.2, 0.25) is 0 Å². The van der Waals surface area contributed by atoms with Gasteiger partial charge in [0, 0.05) is 5.41 Å². The number of carbonyl (C=O) groups is 1. The number of rotatable bonds is 7. The largest absolute Gasteiger partial charge is 0.479 e. The molecule has 0 radical (unpaired) electrons. The monoisotopic (exact) mass is 828 g/mol. The highest BCUT2D eigenvalue weighted by molar-refractivity contribution is 5.73. The fourth-order valence-corrected chi connectivity index (χ4v) is 14.0. The predicted octanol–water partition coefficient (Wildman–Crippen LogP) is -0.206. The lowest BCUT2D eigenvalue weighted by molar-refractivity contribution is -0.374. The molecule has 0 amide bonds. The average Bonchev–Trinajstić information content (AvgIpc) is 3.14. The summed E-state index contributed by atoms with van der Waals surface area (Å²) in [6.45, 7) is 13.7. The maximum absolute atomic E-state index is 12.3. The highest BCUT2D eigenvalue weighted by Crippen LogP contribution is 2.76. The standard InChI is InChI=1S/C42H68O16/c1-37(2)14-19-18-8-9-22-39(5)12-11-24(38(3,4)21(39)10-13-40(22,6)41(18,7)32(51)33(52)42(19,17-44)23(45)15-37)56-36-31(28(49)27(48)30(57-36)34(53)54)58-35-29(50)26(47)25(46)20(16-43)55-35/h8,19-33,35-36,43-52H,9-17H2,1-7H3,(H,53,54)/t19-,20-,21?,22?,23-,24?,25-,26+,27+,28+,29-,30+,31-,32-,33+,35+,36-,39+,40-,41+,42-/m1/s1. The quantitative estimate of drug-likeness (QED) is 0.117. The van der Waals surface area contributed by atoms with Crippen molar-refractivity contribution in [1.82, 2.24) is 0 Å². The maximum Gasteiger partial charge on any atom is 0.335 e. The first-order valence-corrected chi connectivity index (χ1v) is 21.1. The Morgan fingerprint density at radius 2 is 1.43 bits per heavy atom. The van der Waals surface area contributed by atoms with Crippen molar-refractivity contribution in [2.24, 2.45) is 50.2 Å². The number of aliphatic carboxylic acids is 1. The lowest BCUT2D eigenvalue weighted by atomic mass is 9.32.